The minimum atomic E-state index is -0.999. The van der Waals surface area contributed by atoms with Crippen LogP contribution in [0.4, 0.5) is 5.69 Å². The molecule has 0 saturated carbocycles. The van der Waals surface area contributed by atoms with E-state index < -0.39 is 5.97 Å². The smallest absolute Gasteiger partial charge is 0.335 e. The standard InChI is InChI=1S/C13H10N4O2S/c14-9-7-8(12(18)19)4-5-10(9)20-13-16-15-11-3-1-2-6-17(11)13/h1-7H,14H2,(H,18,19). The first-order chi connectivity index (χ1) is 9.65. The second kappa shape index (κ2) is 4.86. The number of aromatic nitrogens is 3. The van der Waals surface area contributed by atoms with Crippen LogP contribution in [0.2, 0.25) is 0 Å². The van der Waals surface area contributed by atoms with Crippen LogP contribution in [0.5, 0.6) is 0 Å². The van der Waals surface area contributed by atoms with Crippen LogP contribution in [0.1, 0.15) is 10.4 Å². The van der Waals surface area contributed by atoms with E-state index in [4.69, 9.17) is 10.8 Å². The molecule has 0 atom stereocenters. The Hall–Kier alpha value is -2.54. The summed E-state index contributed by atoms with van der Waals surface area (Å²) in [6, 6.07) is 10.3. The lowest BCUT2D eigenvalue weighted by Gasteiger charge is -2.05. The van der Waals surface area contributed by atoms with Crippen LogP contribution in [0, 0.1) is 0 Å². The minimum absolute atomic E-state index is 0.165. The predicted octanol–water partition coefficient (Wildman–Crippen LogP) is 2.16. The number of carboxylic acid groups (broad SMARTS) is 1. The van der Waals surface area contributed by atoms with Gasteiger partial charge in [0.05, 0.1) is 5.56 Å². The largest absolute Gasteiger partial charge is 0.478 e. The lowest BCUT2D eigenvalue weighted by Crippen LogP contribution is -1.99. The number of anilines is 1. The van der Waals surface area contributed by atoms with Gasteiger partial charge >= 0.3 is 5.97 Å². The van der Waals surface area contributed by atoms with Crippen LogP contribution in [0.3, 0.4) is 0 Å². The summed E-state index contributed by atoms with van der Waals surface area (Å²) in [4.78, 5) is 11.6. The number of hydrogen-bond donors (Lipinski definition) is 2. The molecular weight excluding hydrogens is 276 g/mol. The number of benzene rings is 1. The zero-order valence-corrected chi connectivity index (χ0v) is 11.0. The number of hydrogen-bond acceptors (Lipinski definition) is 5. The van der Waals surface area contributed by atoms with Crippen LogP contribution in [-0.2, 0) is 0 Å². The highest BCUT2D eigenvalue weighted by atomic mass is 32.2. The molecular formula is C13H10N4O2S. The van der Waals surface area contributed by atoms with E-state index in [9.17, 15) is 4.79 Å². The van der Waals surface area contributed by atoms with Crippen molar-refractivity contribution in [2.75, 3.05) is 5.73 Å². The molecule has 2 aromatic heterocycles. The number of nitrogen functional groups attached to an aromatic ring is 1. The zero-order valence-electron chi connectivity index (χ0n) is 10.2. The number of rotatable bonds is 3. The summed E-state index contributed by atoms with van der Waals surface area (Å²) in [5.41, 5.74) is 7.19. The maximum Gasteiger partial charge on any atom is 0.335 e. The Morgan fingerprint density at radius 3 is 2.85 bits per heavy atom. The maximum absolute atomic E-state index is 10.9. The second-order valence-corrected chi connectivity index (χ2v) is 5.08. The molecule has 0 fully saturated rings. The number of pyridine rings is 1. The lowest BCUT2D eigenvalue weighted by molar-refractivity contribution is 0.0697. The van der Waals surface area contributed by atoms with E-state index in [1.807, 2.05) is 28.8 Å². The first-order valence-electron chi connectivity index (χ1n) is 5.75. The van der Waals surface area contributed by atoms with Crippen LogP contribution in [0.15, 0.2) is 52.6 Å². The van der Waals surface area contributed by atoms with Crippen molar-refractivity contribution in [3.63, 3.8) is 0 Å². The third-order valence-corrected chi connectivity index (χ3v) is 3.79. The first kappa shape index (κ1) is 12.5. The van der Waals surface area contributed by atoms with Crippen molar-refractivity contribution in [1.82, 2.24) is 14.6 Å². The summed E-state index contributed by atoms with van der Waals surface area (Å²) in [6.45, 7) is 0. The number of nitrogens with zero attached hydrogens (tertiary/aromatic N) is 3. The van der Waals surface area contributed by atoms with Gasteiger partial charge in [0.1, 0.15) is 0 Å². The van der Waals surface area contributed by atoms with E-state index in [2.05, 4.69) is 10.2 Å². The van der Waals surface area contributed by atoms with Crippen LogP contribution < -0.4 is 5.73 Å². The normalized spacial score (nSPS) is 10.8. The molecule has 0 saturated heterocycles. The molecule has 0 amide bonds. The van der Waals surface area contributed by atoms with Crippen molar-refractivity contribution in [2.24, 2.45) is 0 Å². The molecule has 6 nitrogen and oxygen atoms in total. The van der Waals surface area contributed by atoms with Crippen LogP contribution in [0.25, 0.3) is 5.65 Å². The van der Waals surface area contributed by atoms with Gasteiger partial charge in [0.25, 0.3) is 0 Å². The number of fused-ring (bicyclic) bond motifs is 1. The molecule has 0 unspecified atom stereocenters. The van der Waals surface area contributed by atoms with Crippen molar-refractivity contribution >= 4 is 29.1 Å². The SMILES string of the molecule is Nc1cc(C(=O)O)ccc1Sc1nnc2ccccn12. The minimum Gasteiger partial charge on any atom is -0.478 e. The fraction of sp³-hybridized carbons (Fsp3) is 0. The summed E-state index contributed by atoms with van der Waals surface area (Å²) in [5.74, 6) is -0.999. The number of carboxylic acids is 1. The average molecular weight is 286 g/mol. The van der Waals surface area contributed by atoms with Gasteiger partial charge in [0.15, 0.2) is 10.8 Å². The van der Waals surface area contributed by atoms with Crippen molar-refractivity contribution in [3.05, 3.63) is 48.2 Å². The van der Waals surface area contributed by atoms with E-state index in [1.54, 1.807) is 6.07 Å². The van der Waals surface area contributed by atoms with Gasteiger partial charge < -0.3 is 10.8 Å². The molecule has 0 radical (unpaired) electrons. The third-order valence-electron chi connectivity index (χ3n) is 2.74. The van der Waals surface area contributed by atoms with Crippen LogP contribution >= 0.6 is 11.8 Å². The molecule has 3 rings (SSSR count). The van der Waals surface area contributed by atoms with Gasteiger partial charge in [0, 0.05) is 16.8 Å². The van der Waals surface area contributed by atoms with Crippen molar-refractivity contribution in [2.45, 2.75) is 10.1 Å². The van der Waals surface area contributed by atoms with Gasteiger partial charge in [-0.1, -0.05) is 6.07 Å². The molecule has 0 spiro atoms. The Kier molecular flexibility index (Phi) is 3.03. The molecule has 7 heteroatoms. The zero-order chi connectivity index (χ0) is 14.1. The van der Waals surface area contributed by atoms with Gasteiger partial charge in [-0.15, -0.1) is 10.2 Å². The molecule has 1 aromatic carbocycles. The highest BCUT2D eigenvalue weighted by molar-refractivity contribution is 7.99. The Morgan fingerprint density at radius 1 is 1.25 bits per heavy atom. The monoisotopic (exact) mass is 286 g/mol. The van der Waals surface area contributed by atoms with Crippen molar-refractivity contribution in [1.29, 1.82) is 0 Å². The molecule has 0 aliphatic heterocycles. The van der Waals surface area contributed by atoms with E-state index in [-0.39, 0.29) is 5.56 Å². The molecule has 2 heterocycles. The molecule has 0 aliphatic rings. The predicted molar refractivity (Wildman–Crippen MR) is 74.9 cm³/mol. The molecule has 3 aromatic rings. The van der Waals surface area contributed by atoms with E-state index in [0.29, 0.717) is 10.8 Å². The summed E-state index contributed by atoms with van der Waals surface area (Å²) < 4.78 is 1.84. The topological polar surface area (TPSA) is 93.5 Å². The number of carbonyl (C=O) groups is 1. The number of nitrogens with two attached hydrogens (primary N) is 1. The fourth-order valence-electron chi connectivity index (χ4n) is 1.76. The Balaban J connectivity index is 1.97. The Bertz CT molecular complexity index is 800. The van der Waals surface area contributed by atoms with Gasteiger partial charge in [0.2, 0.25) is 0 Å². The third kappa shape index (κ3) is 2.19. The first-order valence-corrected chi connectivity index (χ1v) is 6.57. The van der Waals surface area contributed by atoms with Gasteiger partial charge in [-0.05, 0) is 42.1 Å². The van der Waals surface area contributed by atoms with Gasteiger partial charge in [-0.3, -0.25) is 4.40 Å². The van der Waals surface area contributed by atoms with Crippen LogP contribution in [-0.4, -0.2) is 25.7 Å². The summed E-state index contributed by atoms with van der Waals surface area (Å²) in [5, 5.41) is 17.7. The molecule has 20 heavy (non-hydrogen) atoms. The fourth-order valence-corrected chi connectivity index (χ4v) is 2.61. The quantitative estimate of drug-likeness (QED) is 0.717. The van der Waals surface area contributed by atoms with E-state index in [1.165, 1.54) is 23.9 Å². The maximum atomic E-state index is 10.9. The average Bonchev–Trinajstić information content (AvgIpc) is 2.84. The Labute approximate surface area is 118 Å². The molecule has 100 valence electrons. The van der Waals surface area contributed by atoms with E-state index in [0.717, 1.165) is 10.5 Å². The highest BCUT2D eigenvalue weighted by Gasteiger charge is 2.11. The summed E-state index contributed by atoms with van der Waals surface area (Å²) in [6.07, 6.45) is 1.86. The van der Waals surface area contributed by atoms with Gasteiger partial charge in [-0.25, -0.2) is 4.79 Å². The molecule has 3 N–H and O–H groups in total. The van der Waals surface area contributed by atoms with Crippen molar-refractivity contribution in [3.8, 4) is 0 Å². The highest BCUT2D eigenvalue weighted by Crippen LogP contribution is 2.31. The number of aromatic carboxylic acids is 1. The van der Waals surface area contributed by atoms with Crippen molar-refractivity contribution < 1.29 is 9.90 Å². The van der Waals surface area contributed by atoms with E-state index >= 15 is 0 Å². The van der Waals surface area contributed by atoms with Gasteiger partial charge in [-0.2, -0.15) is 0 Å². The summed E-state index contributed by atoms with van der Waals surface area (Å²) in [7, 11) is 0. The lowest BCUT2D eigenvalue weighted by atomic mass is 10.2. The Morgan fingerprint density at radius 2 is 2.10 bits per heavy atom. The molecule has 0 bridgehead atoms. The molecule has 0 aliphatic carbocycles. The second-order valence-electron chi connectivity index (χ2n) is 4.07. The summed E-state index contributed by atoms with van der Waals surface area (Å²) >= 11 is 1.34.